The number of aromatic nitrogens is 1. The number of benzene rings is 2. The molecule has 1 heterocycles. The molecule has 0 fully saturated rings. The fraction of sp³-hybridized carbons (Fsp3) is 0. The van der Waals surface area contributed by atoms with Crippen LogP contribution in [0.1, 0.15) is 0 Å². The minimum atomic E-state index is -0.521. The van der Waals surface area contributed by atoms with Crippen molar-refractivity contribution in [2.45, 2.75) is 0 Å². The Morgan fingerprint density at radius 3 is 2.59 bits per heavy atom. The van der Waals surface area contributed by atoms with E-state index in [9.17, 15) is 19.3 Å². The van der Waals surface area contributed by atoms with Gasteiger partial charge in [-0.1, -0.05) is 6.07 Å². The maximum atomic E-state index is 13.3. The summed E-state index contributed by atoms with van der Waals surface area (Å²) in [6.45, 7) is 0. The first-order valence-corrected chi connectivity index (χ1v) is 7.02. The molecule has 1 aromatic heterocycles. The zero-order valence-corrected chi connectivity index (χ0v) is 12.6. The minimum Gasteiger partial charge on any atom is -0.284 e. The second kappa shape index (κ2) is 5.34. The molecule has 0 N–H and O–H groups in total. The Labute approximate surface area is 131 Å². The van der Waals surface area contributed by atoms with Gasteiger partial charge in [0.05, 0.1) is 20.5 Å². The van der Waals surface area contributed by atoms with Crippen LogP contribution in [0.3, 0.4) is 0 Å². The van der Waals surface area contributed by atoms with Gasteiger partial charge in [0.25, 0.3) is 11.2 Å². The Balaban J connectivity index is 2.22. The summed E-state index contributed by atoms with van der Waals surface area (Å²) in [5, 5.41) is 11.7. The first kappa shape index (κ1) is 14.4. The second-order valence-corrected chi connectivity index (χ2v) is 5.47. The smallest absolute Gasteiger partial charge is 0.283 e. The predicted octanol–water partition coefficient (Wildman–Crippen LogP) is 3.80. The highest BCUT2D eigenvalue weighted by molar-refractivity contribution is 9.10. The van der Waals surface area contributed by atoms with Crippen LogP contribution in [0.15, 0.2) is 57.9 Å². The van der Waals surface area contributed by atoms with E-state index in [4.69, 9.17) is 0 Å². The van der Waals surface area contributed by atoms with Gasteiger partial charge in [0.1, 0.15) is 5.82 Å². The molecule has 0 unspecified atom stereocenters. The average Bonchev–Trinajstić information content (AvgIpc) is 2.47. The third-order valence-electron chi connectivity index (χ3n) is 3.27. The molecule has 0 bridgehead atoms. The Morgan fingerprint density at radius 2 is 1.91 bits per heavy atom. The first-order valence-electron chi connectivity index (χ1n) is 6.22. The van der Waals surface area contributed by atoms with Crippen LogP contribution in [0.25, 0.3) is 16.5 Å². The third-order valence-corrected chi connectivity index (χ3v) is 3.91. The van der Waals surface area contributed by atoms with E-state index in [0.717, 1.165) is 0 Å². The molecule has 0 spiro atoms. The summed E-state index contributed by atoms with van der Waals surface area (Å²) in [5.74, 6) is -0.493. The number of nitro benzene ring substituents is 1. The van der Waals surface area contributed by atoms with Crippen molar-refractivity contribution in [2.75, 3.05) is 0 Å². The van der Waals surface area contributed by atoms with E-state index < -0.39 is 16.3 Å². The lowest BCUT2D eigenvalue weighted by Gasteiger charge is -2.08. The number of hydrogen-bond acceptors (Lipinski definition) is 3. The normalized spacial score (nSPS) is 10.8. The molecule has 7 heteroatoms. The minimum absolute atomic E-state index is 0.0939. The molecule has 3 aromatic rings. The van der Waals surface area contributed by atoms with Crippen molar-refractivity contribution < 1.29 is 9.31 Å². The third kappa shape index (κ3) is 2.39. The SMILES string of the molecule is O=c1c2cc(F)ccc2ccn1-c1ccc([N+](=O)[O-])c(Br)c1. The van der Waals surface area contributed by atoms with Crippen LogP contribution in [-0.2, 0) is 0 Å². The van der Waals surface area contributed by atoms with E-state index in [-0.39, 0.29) is 15.5 Å². The van der Waals surface area contributed by atoms with E-state index in [1.807, 2.05) is 0 Å². The maximum absolute atomic E-state index is 13.3. The Morgan fingerprint density at radius 1 is 1.14 bits per heavy atom. The molecule has 0 saturated heterocycles. The van der Waals surface area contributed by atoms with Crippen molar-refractivity contribution in [1.29, 1.82) is 0 Å². The zero-order chi connectivity index (χ0) is 15.9. The van der Waals surface area contributed by atoms with Crippen molar-refractivity contribution in [3.05, 3.63) is 79.4 Å². The summed E-state index contributed by atoms with van der Waals surface area (Å²) in [4.78, 5) is 22.8. The lowest BCUT2D eigenvalue weighted by molar-refractivity contribution is -0.385. The monoisotopic (exact) mass is 362 g/mol. The number of nitro groups is 1. The van der Waals surface area contributed by atoms with Gasteiger partial charge in [-0.25, -0.2) is 4.39 Å². The Hall–Kier alpha value is -2.54. The second-order valence-electron chi connectivity index (χ2n) is 4.62. The van der Waals surface area contributed by atoms with E-state index in [0.29, 0.717) is 11.1 Å². The molecule has 110 valence electrons. The number of halogens is 2. The van der Waals surface area contributed by atoms with Gasteiger partial charge in [-0.2, -0.15) is 0 Å². The lowest BCUT2D eigenvalue weighted by Crippen LogP contribution is -2.17. The average molecular weight is 363 g/mol. The Kier molecular flexibility index (Phi) is 3.50. The van der Waals surface area contributed by atoms with E-state index in [1.54, 1.807) is 12.3 Å². The van der Waals surface area contributed by atoms with Gasteiger partial charge in [0, 0.05) is 12.3 Å². The van der Waals surface area contributed by atoms with Gasteiger partial charge in [-0.3, -0.25) is 19.5 Å². The molecule has 0 aliphatic rings. The zero-order valence-electron chi connectivity index (χ0n) is 11.0. The van der Waals surface area contributed by atoms with E-state index in [2.05, 4.69) is 15.9 Å². The van der Waals surface area contributed by atoms with Gasteiger partial charge in [-0.05, 0) is 51.6 Å². The largest absolute Gasteiger partial charge is 0.284 e. The van der Waals surface area contributed by atoms with Crippen LogP contribution in [-0.4, -0.2) is 9.49 Å². The molecule has 0 saturated carbocycles. The summed E-state index contributed by atoms with van der Waals surface area (Å²) < 4.78 is 14.9. The van der Waals surface area contributed by atoms with Crippen LogP contribution >= 0.6 is 15.9 Å². The molecule has 0 atom stereocenters. The molecule has 3 rings (SSSR count). The Bertz CT molecular complexity index is 969. The molecule has 0 aliphatic carbocycles. The fourth-order valence-corrected chi connectivity index (χ4v) is 2.72. The van der Waals surface area contributed by atoms with Crippen molar-refractivity contribution in [2.24, 2.45) is 0 Å². The quantitative estimate of drug-likeness (QED) is 0.514. The van der Waals surface area contributed by atoms with Crippen molar-refractivity contribution in [3.63, 3.8) is 0 Å². The van der Waals surface area contributed by atoms with Crippen LogP contribution in [0.5, 0.6) is 0 Å². The molecule has 0 aliphatic heterocycles. The summed E-state index contributed by atoms with van der Waals surface area (Å²) in [6, 6.07) is 9.93. The van der Waals surface area contributed by atoms with Crippen LogP contribution in [0.4, 0.5) is 10.1 Å². The number of nitrogens with zero attached hydrogens (tertiary/aromatic N) is 2. The van der Waals surface area contributed by atoms with Crippen LogP contribution in [0, 0.1) is 15.9 Å². The van der Waals surface area contributed by atoms with Gasteiger partial charge in [0.2, 0.25) is 0 Å². The number of pyridine rings is 1. The molecule has 0 radical (unpaired) electrons. The summed E-state index contributed by atoms with van der Waals surface area (Å²) >= 11 is 3.11. The van der Waals surface area contributed by atoms with Gasteiger partial charge in [0.15, 0.2) is 0 Å². The highest BCUT2D eigenvalue weighted by Crippen LogP contribution is 2.27. The molecular formula is C15H8BrFN2O3. The summed E-state index contributed by atoms with van der Waals surface area (Å²) in [6.07, 6.45) is 1.55. The van der Waals surface area contributed by atoms with Crippen LogP contribution in [0.2, 0.25) is 0 Å². The molecule has 22 heavy (non-hydrogen) atoms. The standard InChI is InChI=1S/C15H8BrFN2O3/c16-13-8-11(3-4-14(13)19(21)22)18-6-5-9-1-2-10(17)7-12(9)15(18)20/h1-8H. The van der Waals surface area contributed by atoms with Crippen molar-refractivity contribution in [3.8, 4) is 5.69 Å². The highest BCUT2D eigenvalue weighted by Gasteiger charge is 2.13. The maximum Gasteiger partial charge on any atom is 0.283 e. The van der Waals surface area contributed by atoms with E-state index in [1.165, 1.54) is 41.0 Å². The van der Waals surface area contributed by atoms with E-state index >= 15 is 0 Å². The molecule has 5 nitrogen and oxygen atoms in total. The van der Waals surface area contributed by atoms with Crippen molar-refractivity contribution >= 4 is 32.4 Å². The molecule has 0 amide bonds. The fourth-order valence-electron chi connectivity index (χ4n) is 2.21. The van der Waals surface area contributed by atoms with Crippen molar-refractivity contribution in [1.82, 2.24) is 4.57 Å². The van der Waals surface area contributed by atoms with Gasteiger partial charge < -0.3 is 0 Å². The molecular weight excluding hydrogens is 355 g/mol. The summed E-state index contributed by atoms with van der Waals surface area (Å²) in [7, 11) is 0. The summed E-state index contributed by atoms with van der Waals surface area (Å²) in [5.41, 5.74) is -0.0324. The lowest BCUT2D eigenvalue weighted by atomic mass is 10.1. The highest BCUT2D eigenvalue weighted by atomic mass is 79.9. The van der Waals surface area contributed by atoms with Gasteiger partial charge >= 0.3 is 0 Å². The molecule has 2 aromatic carbocycles. The predicted molar refractivity (Wildman–Crippen MR) is 83.9 cm³/mol. The van der Waals surface area contributed by atoms with Crippen LogP contribution < -0.4 is 5.56 Å². The van der Waals surface area contributed by atoms with Gasteiger partial charge in [-0.15, -0.1) is 0 Å². The number of rotatable bonds is 2. The first-order chi connectivity index (χ1) is 10.5. The number of fused-ring (bicyclic) bond motifs is 1. The topological polar surface area (TPSA) is 65.1 Å². The number of hydrogen-bond donors (Lipinski definition) is 0.